The molecular weight excluding hydrogens is 228 g/mol. The van der Waals surface area contributed by atoms with Gasteiger partial charge >= 0.3 is 6.61 Å². The van der Waals surface area contributed by atoms with E-state index in [0.717, 1.165) is 0 Å². The van der Waals surface area contributed by atoms with E-state index in [1.165, 1.54) is 12.1 Å². The van der Waals surface area contributed by atoms with Crippen molar-refractivity contribution >= 4 is 5.91 Å². The predicted octanol–water partition coefficient (Wildman–Crippen LogP) is 1.58. The fourth-order valence-electron chi connectivity index (χ4n) is 1.19. The zero-order valence-electron chi connectivity index (χ0n) is 8.95. The number of hydrogen-bond acceptors (Lipinski definition) is 2. The molecule has 0 saturated carbocycles. The van der Waals surface area contributed by atoms with Crippen molar-refractivity contribution in [3.05, 3.63) is 29.8 Å². The lowest BCUT2D eigenvalue weighted by Gasteiger charge is -2.05. The molecule has 0 saturated heterocycles. The van der Waals surface area contributed by atoms with E-state index >= 15 is 0 Å². The number of carbonyl (C=O) groups is 1. The molecule has 17 heavy (non-hydrogen) atoms. The van der Waals surface area contributed by atoms with Crippen LogP contribution >= 0.6 is 0 Å². The van der Waals surface area contributed by atoms with E-state index < -0.39 is 6.61 Å². The van der Waals surface area contributed by atoms with Crippen molar-refractivity contribution in [3.63, 3.8) is 0 Å². The van der Waals surface area contributed by atoms with Gasteiger partial charge in [-0.05, 0) is 17.7 Å². The molecule has 0 bridgehead atoms. The number of nitrogens with one attached hydrogen (secondary N) is 1. The lowest BCUT2D eigenvalue weighted by atomic mass is 10.1. The molecular formula is C12H11F2NO2. The van der Waals surface area contributed by atoms with Crippen molar-refractivity contribution < 1.29 is 18.3 Å². The van der Waals surface area contributed by atoms with Gasteiger partial charge in [-0.1, -0.05) is 18.1 Å². The van der Waals surface area contributed by atoms with E-state index in [1.807, 2.05) is 0 Å². The number of ether oxygens (including phenoxy) is 1. The summed E-state index contributed by atoms with van der Waals surface area (Å²) in [6.45, 7) is -2.68. The second kappa shape index (κ2) is 6.48. The minimum absolute atomic E-state index is 0.0628. The van der Waals surface area contributed by atoms with Gasteiger partial charge < -0.3 is 10.1 Å². The smallest absolute Gasteiger partial charge is 0.387 e. The van der Waals surface area contributed by atoms with Crippen LogP contribution in [0.25, 0.3) is 0 Å². The highest BCUT2D eigenvalue weighted by Crippen LogP contribution is 2.15. The van der Waals surface area contributed by atoms with E-state index in [1.54, 1.807) is 12.1 Å². The van der Waals surface area contributed by atoms with E-state index in [0.29, 0.717) is 5.56 Å². The van der Waals surface area contributed by atoms with Gasteiger partial charge in [0.2, 0.25) is 5.91 Å². The Morgan fingerprint density at radius 2 is 2.06 bits per heavy atom. The molecule has 0 fully saturated rings. The predicted molar refractivity (Wildman–Crippen MR) is 58.6 cm³/mol. The van der Waals surface area contributed by atoms with Gasteiger partial charge in [0, 0.05) is 0 Å². The van der Waals surface area contributed by atoms with Crippen molar-refractivity contribution in [2.45, 2.75) is 13.0 Å². The van der Waals surface area contributed by atoms with Crippen LogP contribution in [-0.4, -0.2) is 19.1 Å². The first-order valence-corrected chi connectivity index (χ1v) is 4.85. The standard InChI is InChI=1S/C12H11F2NO2/c1-2-7-15-11(16)8-9-3-5-10(6-4-9)17-12(13)14/h1,3-6,12H,7-8H2,(H,15,16). The number of carbonyl (C=O) groups excluding carboxylic acids is 1. The summed E-state index contributed by atoms with van der Waals surface area (Å²) in [4.78, 5) is 11.3. The van der Waals surface area contributed by atoms with Gasteiger partial charge in [-0.3, -0.25) is 4.79 Å². The molecule has 5 heteroatoms. The minimum Gasteiger partial charge on any atom is -0.435 e. The lowest BCUT2D eigenvalue weighted by Crippen LogP contribution is -2.25. The van der Waals surface area contributed by atoms with Crippen molar-refractivity contribution in [1.82, 2.24) is 5.32 Å². The van der Waals surface area contributed by atoms with Crippen LogP contribution < -0.4 is 10.1 Å². The molecule has 0 aliphatic carbocycles. The fourth-order valence-corrected chi connectivity index (χ4v) is 1.19. The quantitative estimate of drug-likeness (QED) is 0.792. The molecule has 1 N–H and O–H groups in total. The monoisotopic (exact) mass is 239 g/mol. The van der Waals surface area contributed by atoms with E-state index in [9.17, 15) is 13.6 Å². The van der Waals surface area contributed by atoms with Crippen molar-refractivity contribution in [2.24, 2.45) is 0 Å². The van der Waals surface area contributed by atoms with Gasteiger partial charge in [0.15, 0.2) is 0 Å². The van der Waals surface area contributed by atoms with Crippen LogP contribution in [-0.2, 0) is 11.2 Å². The summed E-state index contributed by atoms with van der Waals surface area (Å²) in [6, 6.07) is 5.87. The zero-order valence-corrected chi connectivity index (χ0v) is 8.95. The highest BCUT2D eigenvalue weighted by Gasteiger charge is 2.05. The summed E-state index contributed by atoms with van der Waals surface area (Å²) in [7, 11) is 0. The average Bonchev–Trinajstić information content (AvgIpc) is 2.28. The highest BCUT2D eigenvalue weighted by molar-refractivity contribution is 5.78. The number of hydrogen-bond donors (Lipinski definition) is 1. The molecule has 1 aromatic carbocycles. The third-order valence-electron chi connectivity index (χ3n) is 1.90. The van der Waals surface area contributed by atoms with Gasteiger partial charge in [-0.25, -0.2) is 0 Å². The topological polar surface area (TPSA) is 38.3 Å². The normalized spacial score (nSPS) is 9.76. The summed E-state index contributed by atoms with van der Waals surface area (Å²) in [6.07, 6.45) is 5.13. The van der Waals surface area contributed by atoms with Crippen LogP contribution in [0.5, 0.6) is 5.75 Å². The van der Waals surface area contributed by atoms with Crippen molar-refractivity contribution in [2.75, 3.05) is 6.54 Å². The summed E-state index contributed by atoms with van der Waals surface area (Å²) in [5, 5.41) is 2.50. The molecule has 3 nitrogen and oxygen atoms in total. The van der Waals surface area contributed by atoms with Gasteiger partial charge in [0.25, 0.3) is 0 Å². The van der Waals surface area contributed by atoms with Crippen LogP contribution in [0.4, 0.5) is 8.78 Å². The van der Waals surface area contributed by atoms with Crippen LogP contribution in [0.2, 0.25) is 0 Å². The molecule has 0 spiro atoms. The molecule has 90 valence electrons. The number of rotatable bonds is 5. The fraction of sp³-hybridized carbons (Fsp3) is 0.250. The Balaban J connectivity index is 2.51. The molecule has 0 aliphatic heterocycles. The van der Waals surface area contributed by atoms with E-state index in [-0.39, 0.29) is 24.6 Å². The molecule has 0 unspecified atom stereocenters. The van der Waals surface area contributed by atoms with E-state index in [2.05, 4.69) is 16.0 Å². The van der Waals surface area contributed by atoms with Crippen LogP contribution in [0, 0.1) is 12.3 Å². The van der Waals surface area contributed by atoms with Gasteiger partial charge in [-0.2, -0.15) is 8.78 Å². The second-order valence-electron chi connectivity index (χ2n) is 3.18. The van der Waals surface area contributed by atoms with Gasteiger partial charge in [-0.15, -0.1) is 6.42 Å². The van der Waals surface area contributed by atoms with Gasteiger partial charge in [0.1, 0.15) is 5.75 Å². The zero-order chi connectivity index (χ0) is 12.7. The first-order valence-electron chi connectivity index (χ1n) is 4.85. The Bertz CT molecular complexity index is 410. The Morgan fingerprint density at radius 1 is 1.41 bits per heavy atom. The summed E-state index contributed by atoms with van der Waals surface area (Å²) in [5.41, 5.74) is 0.695. The molecule has 0 heterocycles. The maximum absolute atomic E-state index is 11.9. The molecule has 0 atom stereocenters. The number of amides is 1. The number of alkyl halides is 2. The molecule has 0 radical (unpaired) electrons. The minimum atomic E-state index is -2.85. The Hall–Kier alpha value is -2.09. The molecule has 1 amide bonds. The molecule has 0 aliphatic rings. The third kappa shape index (κ3) is 4.98. The molecule has 1 rings (SSSR count). The Labute approximate surface area is 97.8 Å². The molecule has 0 aromatic heterocycles. The summed E-state index contributed by atoms with van der Waals surface area (Å²) in [5.74, 6) is 2.13. The first kappa shape index (κ1) is 13.0. The van der Waals surface area contributed by atoms with Gasteiger partial charge in [0.05, 0.1) is 13.0 Å². The summed E-state index contributed by atoms with van der Waals surface area (Å²) < 4.78 is 27.9. The maximum Gasteiger partial charge on any atom is 0.387 e. The number of benzene rings is 1. The largest absolute Gasteiger partial charge is 0.435 e. The second-order valence-corrected chi connectivity index (χ2v) is 3.18. The first-order chi connectivity index (χ1) is 8.11. The van der Waals surface area contributed by atoms with Crippen LogP contribution in [0.3, 0.4) is 0 Å². The molecule has 1 aromatic rings. The van der Waals surface area contributed by atoms with Crippen LogP contribution in [0.15, 0.2) is 24.3 Å². The number of terminal acetylenes is 1. The van der Waals surface area contributed by atoms with Crippen molar-refractivity contribution in [3.8, 4) is 18.1 Å². The van der Waals surface area contributed by atoms with Crippen molar-refractivity contribution in [1.29, 1.82) is 0 Å². The lowest BCUT2D eigenvalue weighted by molar-refractivity contribution is -0.120. The van der Waals surface area contributed by atoms with E-state index in [4.69, 9.17) is 6.42 Å². The number of halogens is 2. The SMILES string of the molecule is C#CCNC(=O)Cc1ccc(OC(F)F)cc1. The van der Waals surface area contributed by atoms with Crippen LogP contribution in [0.1, 0.15) is 5.56 Å². The third-order valence-corrected chi connectivity index (χ3v) is 1.90. The average molecular weight is 239 g/mol. The summed E-state index contributed by atoms with van der Waals surface area (Å²) >= 11 is 0. The Kier molecular flexibility index (Phi) is 4.95. The highest BCUT2D eigenvalue weighted by atomic mass is 19.3. The maximum atomic E-state index is 11.9. The Morgan fingerprint density at radius 3 is 2.59 bits per heavy atom.